The molecular weight excluding hydrogens is 384 g/mol. The van der Waals surface area contributed by atoms with Crippen molar-refractivity contribution < 1.29 is 4.42 Å². The van der Waals surface area contributed by atoms with Gasteiger partial charge in [-0.05, 0) is 55.5 Å². The largest absolute Gasteiger partial charge is 0.451 e. The fraction of sp³-hybridized carbons (Fsp3) is 0.429. The van der Waals surface area contributed by atoms with E-state index in [2.05, 4.69) is 36.6 Å². The Morgan fingerprint density at radius 1 is 1.03 bits per heavy atom. The lowest BCUT2D eigenvalue weighted by atomic mass is 10.00. The van der Waals surface area contributed by atoms with Crippen LogP contribution in [0.2, 0.25) is 0 Å². The number of para-hydroxylation sites is 1. The SMILES string of the molecule is CC1CCN(c2nnc(Sc3ncnc4c3oc3ccccc34)n2C2CC2)CC1. The predicted octanol–water partition coefficient (Wildman–Crippen LogP) is 4.69. The van der Waals surface area contributed by atoms with Crippen molar-refractivity contribution in [3.8, 4) is 0 Å². The van der Waals surface area contributed by atoms with Gasteiger partial charge >= 0.3 is 0 Å². The molecule has 148 valence electrons. The molecule has 6 rings (SSSR count). The first-order chi connectivity index (χ1) is 14.3. The molecule has 0 unspecified atom stereocenters. The Kier molecular flexibility index (Phi) is 4.00. The van der Waals surface area contributed by atoms with E-state index in [1.165, 1.54) is 37.4 Å². The number of hydrogen-bond donors (Lipinski definition) is 0. The van der Waals surface area contributed by atoms with Crippen LogP contribution in [-0.2, 0) is 0 Å². The molecule has 3 aromatic heterocycles. The Morgan fingerprint density at radius 2 is 1.86 bits per heavy atom. The average molecular weight is 407 g/mol. The first kappa shape index (κ1) is 17.3. The van der Waals surface area contributed by atoms with E-state index in [4.69, 9.17) is 4.42 Å². The number of hydrogen-bond acceptors (Lipinski definition) is 7. The molecular formula is C21H22N6OS. The van der Waals surface area contributed by atoms with Crippen LogP contribution in [0.3, 0.4) is 0 Å². The predicted molar refractivity (Wildman–Crippen MR) is 112 cm³/mol. The molecule has 1 aromatic carbocycles. The van der Waals surface area contributed by atoms with E-state index in [1.807, 2.05) is 24.3 Å². The lowest BCUT2D eigenvalue weighted by molar-refractivity contribution is 0.429. The number of furan rings is 1. The van der Waals surface area contributed by atoms with Crippen LogP contribution in [0.4, 0.5) is 5.95 Å². The van der Waals surface area contributed by atoms with Crippen LogP contribution in [0.1, 0.15) is 38.6 Å². The molecule has 4 heterocycles. The van der Waals surface area contributed by atoms with Gasteiger partial charge in [0.1, 0.15) is 17.4 Å². The van der Waals surface area contributed by atoms with Crippen LogP contribution in [-0.4, -0.2) is 37.8 Å². The van der Waals surface area contributed by atoms with E-state index in [0.717, 1.165) is 57.2 Å². The van der Waals surface area contributed by atoms with Crippen LogP contribution < -0.4 is 4.90 Å². The Labute approximate surface area is 172 Å². The molecule has 0 bridgehead atoms. The molecule has 29 heavy (non-hydrogen) atoms. The second-order valence-electron chi connectivity index (χ2n) is 8.11. The topological polar surface area (TPSA) is 72.9 Å². The third-order valence-corrected chi connectivity index (χ3v) is 6.88. The van der Waals surface area contributed by atoms with Gasteiger partial charge in [0, 0.05) is 24.5 Å². The number of fused-ring (bicyclic) bond motifs is 3. The number of nitrogens with zero attached hydrogens (tertiary/aromatic N) is 6. The third kappa shape index (κ3) is 2.97. The lowest BCUT2D eigenvalue weighted by Crippen LogP contribution is -2.34. The van der Waals surface area contributed by atoms with Gasteiger partial charge in [-0.25, -0.2) is 9.97 Å². The number of benzene rings is 1. The molecule has 0 N–H and O–H groups in total. The van der Waals surface area contributed by atoms with E-state index in [0.29, 0.717) is 6.04 Å². The summed E-state index contributed by atoms with van der Waals surface area (Å²) in [5.74, 6) is 1.80. The van der Waals surface area contributed by atoms with E-state index < -0.39 is 0 Å². The monoisotopic (exact) mass is 406 g/mol. The third-order valence-electron chi connectivity index (χ3n) is 5.94. The standard InChI is InChI=1S/C21H22N6OS/c1-13-8-10-26(11-9-13)20-24-25-21(27(20)14-6-7-14)29-19-18-17(22-12-23-19)15-4-2-3-5-16(15)28-18/h2-5,12-14H,6-11H2,1H3. The molecule has 1 aliphatic carbocycles. The van der Waals surface area contributed by atoms with Crippen molar-refractivity contribution in [2.24, 2.45) is 5.92 Å². The molecule has 0 radical (unpaired) electrons. The number of rotatable bonds is 4. The maximum absolute atomic E-state index is 6.09. The Bertz CT molecular complexity index is 1190. The minimum Gasteiger partial charge on any atom is -0.451 e. The highest BCUT2D eigenvalue weighted by atomic mass is 32.2. The summed E-state index contributed by atoms with van der Waals surface area (Å²) in [5.41, 5.74) is 2.40. The summed E-state index contributed by atoms with van der Waals surface area (Å²) < 4.78 is 8.41. The van der Waals surface area contributed by atoms with Crippen LogP contribution in [0.25, 0.3) is 22.1 Å². The van der Waals surface area contributed by atoms with Crippen molar-refractivity contribution in [2.45, 2.75) is 48.8 Å². The smallest absolute Gasteiger partial charge is 0.228 e. The molecule has 1 saturated carbocycles. The van der Waals surface area contributed by atoms with Crippen molar-refractivity contribution in [1.82, 2.24) is 24.7 Å². The Morgan fingerprint density at radius 3 is 2.69 bits per heavy atom. The minimum atomic E-state index is 0.495. The molecule has 2 aliphatic rings. The average Bonchev–Trinajstić information content (AvgIpc) is 3.38. The van der Waals surface area contributed by atoms with Crippen molar-refractivity contribution >= 4 is 39.8 Å². The minimum absolute atomic E-state index is 0.495. The van der Waals surface area contributed by atoms with Crippen molar-refractivity contribution in [1.29, 1.82) is 0 Å². The Hall–Kier alpha value is -2.61. The molecule has 4 aromatic rings. The lowest BCUT2D eigenvalue weighted by Gasteiger charge is -2.31. The van der Waals surface area contributed by atoms with Gasteiger partial charge in [-0.3, -0.25) is 4.57 Å². The summed E-state index contributed by atoms with van der Waals surface area (Å²) in [6.07, 6.45) is 6.41. The van der Waals surface area contributed by atoms with Crippen LogP contribution in [0, 0.1) is 5.92 Å². The van der Waals surface area contributed by atoms with Crippen LogP contribution in [0.15, 0.2) is 45.2 Å². The van der Waals surface area contributed by atoms with Crippen LogP contribution >= 0.6 is 11.8 Å². The molecule has 1 aliphatic heterocycles. The zero-order valence-electron chi connectivity index (χ0n) is 16.3. The van der Waals surface area contributed by atoms with Gasteiger partial charge in [-0.15, -0.1) is 10.2 Å². The van der Waals surface area contributed by atoms with E-state index in [9.17, 15) is 0 Å². The maximum Gasteiger partial charge on any atom is 0.228 e. The summed E-state index contributed by atoms with van der Waals surface area (Å²) in [5, 5.41) is 11.8. The van der Waals surface area contributed by atoms with E-state index >= 15 is 0 Å². The summed E-state index contributed by atoms with van der Waals surface area (Å²) in [7, 11) is 0. The van der Waals surface area contributed by atoms with Gasteiger partial charge in [0.05, 0.1) is 0 Å². The summed E-state index contributed by atoms with van der Waals surface area (Å²) >= 11 is 1.53. The van der Waals surface area contributed by atoms with Gasteiger partial charge in [-0.2, -0.15) is 0 Å². The highest BCUT2D eigenvalue weighted by molar-refractivity contribution is 7.99. The van der Waals surface area contributed by atoms with Crippen LogP contribution in [0.5, 0.6) is 0 Å². The normalized spacial score (nSPS) is 18.2. The van der Waals surface area contributed by atoms with E-state index in [-0.39, 0.29) is 0 Å². The molecule has 0 atom stereocenters. The second-order valence-corrected chi connectivity index (χ2v) is 9.07. The molecule has 2 fully saturated rings. The highest BCUT2D eigenvalue weighted by Gasteiger charge is 2.33. The first-order valence-electron chi connectivity index (χ1n) is 10.3. The van der Waals surface area contributed by atoms with E-state index in [1.54, 1.807) is 6.33 Å². The summed E-state index contributed by atoms with van der Waals surface area (Å²) in [6, 6.07) is 8.47. The Balaban J connectivity index is 1.39. The van der Waals surface area contributed by atoms with Gasteiger partial charge in [0.2, 0.25) is 5.95 Å². The number of piperidine rings is 1. The zero-order chi connectivity index (χ0) is 19.4. The fourth-order valence-corrected chi connectivity index (χ4v) is 4.99. The second kappa shape index (κ2) is 6.73. The molecule has 1 saturated heterocycles. The molecule has 8 heteroatoms. The number of aromatic nitrogens is 5. The van der Waals surface area contributed by atoms with Gasteiger partial charge in [-0.1, -0.05) is 19.1 Å². The first-order valence-corrected chi connectivity index (χ1v) is 11.1. The quantitative estimate of drug-likeness (QED) is 0.455. The van der Waals surface area contributed by atoms with Crippen molar-refractivity contribution in [3.63, 3.8) is 0 Å². The zero-order valence-corrected chi connectivity index (χ0v) is 17.1. The molecule has 0 spiro atoms. The molecule has 0 amide bonds. The van der Waals surface area contributed by atoms with Gasteiger partial charge in [0.15, 0.2) is 15.8 Å². The summed E-state index contributed by atoms with van der Waals surface area (Å²) in [4.78, 5) is 11.4. The van der Waals surface area contributed by atoms with Crippen molar-refractivity contribution in [3.05, 3.63) is 30.6 Å². The highest BCUT2D eigenvalue weighted by Crippen LogP contribution is 2.43. The van der Waals surface area contributed by atoms with Crippen molar-refractivity contribution in [2.75, 3.05) is 18.0 Å². The fourth-order valence-electron chi connectivity index (χ4n) is 4.08. The van der Waals surface area contributed by atoms with Gasteiger partial charge < -0.3 is 9.32 Å². The van der Waals surface area contributed by atoms with Gasteiger partial charge in [0.25, 0.3) is 0 Å². The maximum atomic E-state index is 6.09. The molecule has 7 nitrogen and oxygen atoms in total. The number of anilines is 1. The summed E-state index contributed by atoms with van der Waals surface area (Å²) in [6.45, 7) is 4.44.